The van der Waals surface area contributed by atoms with Crippen molar-refractivity contribution in [3.05, 3.63) is 41.6 Å². The number of carbonyl (C=O) groups is 2. The number of carboxylic acid groups (broad SMARTS) is 1. The number of rotatable bonds is 5. The van der Waals surface area contributed by atoms with Crippen LogP contribution in [0.5, 0.6) is 0 Å². The summed E-state index contributed by atoms with van der Waals surface area (Å²) in [6.45, 7) is 3.12. The Morgan fingerprint density at radius 1 is 1.32 bits per heavy atom. The first kappa shape index (κ1) is 17.4. The van der Waals surface area contributed by atoms with Gasteiger partial charge < -0.3 is 15.2 Å². The van der Waals surface area contributed by atoms with Crippen LogP contribution in [0.15, 0.2) is 30.3 Å². The fourth-order valence-electron chi connectivity index (χ4n) is 3.37. The van der Waals surface area contributed by atoms with Crippen molar-refractivity contribution in [2.24, 2.45) is 11.8 Å². The number of aliphatic carboxylic acids is 1. The number of hydrogen-bond donors (Lipinski definition) is 2. The van der Waals surface area contributed by atoms with Gasteiger partial charge in [0.25, 0.3) is 5.91 Å². The zero-order valence-corrected chi connectivity index (χ0v) is 14.2. The van der Waals surface area contributed by atoms with E-state index >= 15 is 0 Å². The number of carboxylic acids is 1. The quantitative estimate of drug-likeness (QED) is 0.871. The van der Waals surface area contributed by atoms with Crippen molar-refractivity contribution < 1.29 is 19.4 Å². The van der Waals surface area contributed by atoms with Crippen LogP contribution >= 0.6 is 0 Å². The Bertz CT molecular complexity index is 784. The predicted molar refractivity (Wildman–Crippen MR) is 93.5 cm³/mol. The molecule has 1 aliphatic rings. The lowest BCUT2D eigenvalue weighted by molar-refractivity contribution is -0.144. The first-order chi connectivity index (χ1) is 12.1. The summed E-state index contributed by atoms with van der Waals surface area (Å²) in [4.78, 5) is 28.7. The van der Waals surface area contributed by atoms with Crippen LogP contribution in [0, 0.1) is 18.8 Å². The summed E-state index contributed by atoms with van der Waals surface area (Å²) < 4.78 is 5.30. The third-order valence-corrected chi connectivity index (χ3v) is 4.72. The summed E-state index contributed by atoms with van der Waals surface area (Å²) in [6.07, 6.45) is 1.42. The lowest BCUT2D eigenvalue weighted by Gasteiger charge is -2.27. The van der Waals surface area contributed by atoms with Gasteiger partial charge in [-0.2, -0.15) is 0 Å². The third kappa shape index (κ3) is 3.96. The zero-order chi connectivity index (χ0) is 17.8. The molecule has 1 aromatic heterocycles. The molecule has 0 spiro atoms. The van der Waals surface area contributed by atoms with Gasteiger partial charge >= 0.3 is 5.97 Å². The summed E-state index contributed by atoms with van der Waals surface area (Å²) in [6, 6.07) is 9.19. The van der Waals surface area contributed by atoms with E-state index in [-0.39, 0.29) is 18.4 Å². The van der Waals surface area contributed by atoms with Crippen molar-refractivity contribution >= 4 is 22.8 Å². The highest BCUT2D eigenvalue weighted by Gasteiger charge is 2.30. The standard InChI is InChI=1S/C19H22N2O4/c1-12-10-15(14-4-2-3-5-17(14)21-12)18(22)20-11-16(19(23)24)13-6-8-25-9-7-13/h2-5,10,13,16H,6-9,11H2,1H3,(H,20,22)(H,23,24). The van der Waals surface area contributed by atoms with Gasteiger partial charge in [-0.3, -0.25) is 14.6 Å². The van der Waals surface area contributed by atoms with Gasteiger partial charge in [-0.25, -0.2) is 0 Å². The lowest BCUT2D eigenvalue weighted by Crippen LogP contribution is -2.39. The minimum atomic E-state index is -0.872. The van der Waals surface area contributed by atoms with E-state index in [0.29, 0.717) is 31.6 Å². The fourth-order valence-corrected chi connectivity index (χ4v) is 3.37. The van der Waals surface area contributed by atoms with Crippen LogP contribution in [0.25, 0.3) is 10.9 Å². The zero-order valence-electron chi connectivity index (χ0n) is 14.2. The van der Waals surface area contributed by atoms with Gasteiger partial charge in [0, 0.05) is 30.8 Å². The Kier molecular flexibility index (Phi) is 5.28. The number of ether oxygens (including phenoxy) is 1. The summed E-state index contributed by atoms with van der Waals surface area (Å²) in [7, 11) is 0. The highest BCUT2D eigenvalue weighted by atomic mass is 16.5. The Morgan fingerprint density at radius 3 is 2.76 bits per heavy atom. The van der Waals surface area contributed by atoms with Crippen molar-refractivity contribution in [1.29, 1.82) is 0 Å². The topological polar surface area (TPSA) is 88.5 Å². The molecule has 1 fully saturated rings. The number of aromatic nitrogens is 1. The van der Waals surface area contributed by atoms with E-state index < -0.39 is 11.9 Å². The second-order valence-corrected chi connectivity index (χ2v) is 6.43. The van der Waals surface area contributed by atoms with Crippen LogP contribution in [-0.2, 0) is 9.53 Å². The first-order valence-corrected chi connectivity index (χ1v) is 8.51. The number of benzene rings is 1. The molecule has 6 nitrogen and oxygen atoms in total. The largest absolute Gasteiger partial charge is 0.481 e. The van der Waals surface area contributed by atoms with Crippen molar-refractivity contribution in [2.45, 2.75) is 19.8 Å². The van der Waals surface area contributed by atoms with Gasteiger partial charge in [0.1, 0.15) is 0 Å². The molecule has 1 aliphatic heterocycles. The molecule has 0 bridgehead atoms. The van der Waals surface area contributed by atoms with E-state index in [1.807, 2.05) is 31.2 Å². The lowest BCUT2D eigenvalue weighted by atomic mass is 9.86. The number of nitrogens with zero attached hydrogens (tertiary/aromatic N) is 1. The molecule has 0 aliphatic carbocycles. The Morgan fingerprint density at radius 2 is 2.04 bits per heavy atom. The number of para-hydroxylation sites is 1. The average Bonchev–Trinajstić information content (AvgIpc) is 2.61. The maximum atomic E-state index is 12.7. The fraction of sp³-hybridized carbons (Fsp3) is 0.421. The van der Waals surface area contributed by atoms with Crippen molar-refractivity contribution in [2.75, 3.05) is 19.8 Å². The van der Waals surface area contributed by atoms with Crippen LogP contribution in [0.2, 0.25) is 0 Å². The highest BCUT2D eigenvalue weighted by molar-refractivity contribution is 6.06. The molecule has 0 saturated carbocycles. The number of nitrogens with one attached hydrogen (secondary N) is 1. The van der Waals surface area contributed by atoms with E-state index in [4.69, 9.17) is 4.74 Å². The average molecular weight is 342 g/mol. The second kappa shape index (κ2) is 7.61. The summed E-state index contributed by atoms with van der Waals surface area (Å²) in [5.41, 5.74) is 2.04. The van der Waals surface area contributed by atoms with Gasteiger partial charge in [0.2, 0.25) is 0 Å². The number of carbonyl (C=O) groups excluding carboxylic acids is 1. The Hall–Kier alpha value is -2.47. The normalized spacial score (nSPS) is 16.5. The molecule has 25 heavy (non-hydrogen) atoms. The molecule has 3 rings (SSSR count). The minimum Gasteiger partial charge on any atom is -0.481 e. The number of hydrogen-bond acceptors (Lipinski definition) is 4. The summed E-state index contributed by atoms with van der Waals surface area (Å²) in [5.74, 6) is -1.70. The van der Waals surface area contributed by atoms with Crippen LogP contribution < -0.4 is 5.32 Å². The molecule has 2 aromatic rings. The Labute approximate surface area is 146 Å². The molecule has 132 valence electrons. The van der Waals surface area contributed by atoms with E-state index in [1.54, 1.807) is 6.07 Å². The van der Waals surface area contributed by atoms with Crippen molar-refractivity contribution in [3.8, 4) is 0 Å². The molecule has 1 unspecified atom stereocenters. The van der Waals surface area contributed by atoms with Crippen molar-refractivity contribution in [1.82, 2.24) is 10.3 Å². The molecule has 1 saturated heterocycles. The predicted octanol–water partition coefficient (Wildman–Crippen LogP) is 2.40. The maximum Gasteiger partial charge on any atom is 0.308 e. The number of amides is 1. The summed E-state index contributed by atoms with van der Waals surface area (Å²) in [5, 5.41) is 13.1. The highest BCUT2D eigenvalue weighted by Crippen LogP contribution is 2.24. The van der Waals surface area contributed by atoms with Gasteiger partial charge in [-0.1, -0.05) is 18.2 Å². The third-order valence-electron chi connectivity index (χ3n) is 4.72. The number of aryl methyl sites for hydroxylation is 1. The van der Waals surface area contributed by atoms with Crippen LogP contribution in [0.1, 0.15) is 28.9 Å². The monoisotopic (exact) mass is 342 g/mol. The van der Waals surface area contributed by atoms with E-state index in [1.165, 1.54) is 0 Å². The SMILES string of the molecule is Cc1cc(C(=O)NCC(C(=O)O)C2CCOCC2)c2ccccc2n1. The van der Waals surface area contributed by atoms with E-state index in [0.717, 1.165) is 16.6 Å². The maximum absolute atomic E-state index is 12.7. The van der Waals surface area contributed by atoms with E-state index in [9.17, 15) is 14.7 Å². The van der Waals surface area contributed by atoms with Gasteiger partial charge in [0.05, 0.1) is 17.0 Å². The van der Waals surface area contributed by atoms with Gasteiger partial charge in [-0.15, -0.1) is 0 Å². The molecular weight excluding hydrogens is 320 g/mol. The molecular formula is C19H22N2O4. The number of fused-ring (bicyclic) bond motifs is 1. The number of pyridine rings is 1. The van der Waals surface area contributed by atoms with E-state index in [2.05, 4.69) is 10.3 Å². The summed E-state index contributed by atoms with van der Waals surface area (Å²) >= 11 is 0. The molecule has 2 heterocycles. The van der Waals surface area contributed by atoms with Gasteiger partial charge in [-0.05, 0) is 37.8 Å². The molecule has 0 radical (unpaired) electrons. The molecule has 1 amide bonds. The second-order valence-electron chi connectivity index (χ2n) is 6.43. The molecule has 6 heteroatoms. The van der Waals surface area contributed by atoms with Crippen LogP contribution in [0.4, 0.5) is 0 Å². The smallest absolute Gasteiger partial charge is 0.308 e. The molecule has 1 atom stereocenters. The first-order valence-electron chi connectivity index (χ1n) is 8.51. The van der Waals surface area contributed by atoms with Crippen LogP contribution in [-0.4, -0.2) is 41.7 Å². The van der Waals surface area contributed by atoms with Crippen LogP contribution in [0.3, 0.4) is 0 Å². The molecule has 1 aromatic carbocycles. The van der Waals surface area contributed by atoms with Crippen molar-refractivity contribution in [3.63, 3.8) is 0 Å². The molecule has 2 N–H and O–H groups in total. The Balaban J connectivity index is 1.76. The minimum absolute atomic E-state index is 0.0301. The van der Waals surface area contributed by atoms with Gasteiger partial charge in [0.15, 0.2) is 0 Å².